The van der Waals surface area contributed by atoms with E-state index in [9.17, 15) is 9.18 Å². The summed E-state index contributed by atoms with van der Waals surface area (Å²) >= 11 is 0. The SMILES string of the molecule is O=C(O)c1ccc(N/N=C2/CCOc3ccc(F)cc32)cc1. The minimum atomic E-state index is -0.980. The summed E-state index contributed by atoms with van der Waals surface area (Å²) in [7, 11) is 0. The summed E-state index contributed by atoms with van der Waals surface area (Å²) in [6.45, 7) is 0.483. The van der Waals surface area contributed by atoms with E-state index in [1.165, 1.54) is 24.3 Å². The van der Waals surface area contributed by atoms with Crippen molar-refractivity contribution in [2.45, 2.75) is 6.42 Å². The Labute approximate surface area is 126 Å². The Morgan fingerprint density at radius 1 is 1.23 bits per heavy atom. The minimum Gasteiger partial charge on any atom is -0.492 e. The molecule has 2 aromatic rings. The van der Waals surface area contributed by atoms with Crippen LogP contribution in [0, 0.1) is 5.82 Å². The molecule has 112 valence electrons. The summed E-state index contributed by atoms with van der Waals surface area (Å²) in [6.07, 6.45) is 0.566. The fourth-order valence-corrected chi connectivity index (χ4v) is 2.18. The first kappa shape index (κ1) is 14.1. The molecule has 2 N–H and O–H groups in total. The highest BCUT2D eigenvalue weighted by Gasteiger charge is 2.17. The zero-order valence-electron chi connectivity index (χ0n) is 11.5. The number of aromatic carboxylic acids is 1. The van der Waals surface area contributed by atoms with E-state index in [4.69, 9.17) is 9.84 Å². The Kier molecular flexibility index (Phi) is 3.74. The lowest BCUT2D eigenvalue weighted by Gasteiger charge is -2.19. The van der Waals surface area contributed by atoms with Gasteiger partial charge in [0.2, 0.25) is 0 Å². The summed E-state index contributed by atoms with van der Waals surface area (Å²) in [4.78, 5) is 10.8. The number of hydrogen-bond donors (Lipinski definition) is 2. The summed E-state index contributed by atoms with van der Waals surface area (Å²) in [5, 5.41) is 13.1. The Bertz CT molecular complexity index is 742. The predicted molar refractivity (Wildman–Crippen MR) is 80.1 cm³/mol. The van der Waals surface area contributed by atoms with Gasteiger partial charge in [-0.05, 0) is 42.5 Å². The number of ether oxygens (including phenoxy) is 1. The van der Waals surface area contributed by atoms with Gasteiger partial charge in [0.15, 0.2) is 0 Å². The standard InChI is InChI=1S/C16H13FN2O3/c17-11-3-6-15-13(9-11)14(7-8-22-15)19-18-12-4-1-10(2-5-12)16(20)21/h1-6,9,18H,7-8H2,(H,20,21)/b19-14-. The van der Waals surface area contributed by atoms with E-state index < -0.39 is 5.97 Å². The highest BCUT2D eigenvalue weighted by Crippen LogP contribution is 2.26. The molecule has 1 heterocycles. The molecule has 0 saturated carbocycles. The molecule has 6 heteroatoms. The second-order valence-corrected chi connectivity index (χ2v) is 4.79. The molecule has 5 nitrogen and oxygen atoms in total. The van der Waals surface area contributed by atoms with Gasteiger partial charge in [0, 0.05) is 12.0 Å². The normalized spacial score (nSPS) is 15.0. The van der Waals surface area contributed by atoms with Crippen molar-refractivity contribution < 1.29 is 19.0 Å². The fraction of sp³-hybridized carbons (Fsp3) is 0.125. The van der Waals surface area contributed by atoms with Crippen molar-refractivity contribution in [2.75, 3.05) is 12.0 Å². The maximum atomic E-state index is 13.4. The van der Waals surface area contributed by atoms with Gasteiger partial charge in [-0.15, -0.1) is 0 Å². The van der Waals surface area contributed by atoms with Crippen molar-refractivity contribution >= 4 is 17.4 Å². The van der Waals surface area contributed by atoms with Gasteiger partial charge in [0.05, 0.1) is 23.6 Å². The van der Waals surface area contributed by atoms with Gasteiger partial charge in [-0.1, -0.05) is 0 Å². The van der Waals surface area contributed by atoms with Crippen LogP contribution in [0.25, 0.3) is 0 Å². The van der Waals surface area contributed by atoms with E-state index in [0.717, 1.165) is 0 Å². The number of benzene rings is 2. The Balaban J connectivity index is 1.82. The van der Waals surface area contributed by atoms with Gasteiger partial charge in [-0.2, -0.15) is 5.10 Å². The molecule has 0 atom stereocenters. The van der Waals surface area contributed by atoms with Crippen LogP contribution in [0.2, 0.25) is 0 Å². The zero-order chi connectivity index (χ0) is 15.5. The van der Waals surface area contributed by atoms with E-state index >= 15 is 0 Å². The lowest BCUT2D eigenvalue weighted by Crippen LogP contribution is -2.17. The first-order valence-electron chi connectivity index (χ1n) is 6.72. The van der Waals surface area contributed by atoms with Crippen LogP contribution < -0.4 is 10.2 Å². The molecule has 0 unspecified atom stereocenters. The van der Waals surface area contributed by atoms with Crippen LogP contribution in [0.15, 0.2) is 47.6 Å². The lowest BCUT2D eigenvalue weighted by atomic mass is 10.0. The summed E-state index contributed by atoms with van der Waals surface area (Å²) < 4.78 is 18.8. The van der Waals surface area contributed by atoms with Crippen molar-refractivity contribution in [3.8, 4) is 5.75 Å². The molecular formula is C16H13FN2O3. The van der Waals surface area contributed by atoms with Gasteiger partial charge >= 0.3 is 5.97 Å². The number of carboxylic acids is 1. The van der Waals surface area contributed by atoms with Gasteiger partial charge in [0.25, 0.3) is 0 Å². The van der Waals surface area contributed by atoms with Crippen molar-refractivity contribution in [1.29, 1.82) is 0 Å². The fourth-order valence-electron chi connectivity index (χ4n) is 2.18. The van der Waals surface area contributed by atoms with E-state index in [0.29, 0.717) is 35.7 Å². The smallest absolute Gasteiger partial charge is 0.335 e. The number of anilines is 1. The third-order valence-electron chi connectivity index (χ3n) is 3.30. The number of hydrogen-bond acceptors (Lipinski definition) is 4. The third kappa shape index (κ3) is 2.90. The maximum Gasteiger partial charge on any atom is 0.335 e. The molecule has 0 saturated heterocycles. The van der Waals surface area contributed by atoms with E-state index in [1.807, 2.05) is 0 Å². The highest BCUT2D eigenvalue weighted by atomic mass is 19.1. The van der Waals surface area contributed by atoms with Gasteiger partial charge < -0.3 is 9.84 Å². The molecule has 2 aromatic carbocycles. The monoisotopic (exact) mass is 300 g/mol. The molecular weight excluding hydrogens is 287 g/mol. The lowest BCUT2D eigenvalue weighted by molar-refractivity contribution is 0.0697. The Hall–Kier alpha value is -2.89. The highest BCUT2D eigenvalue weighted by molar-refractivity contribution is 6.04. The van der Waals surface area contributed by atoms with Crippen molar-refractivity contribution in [3.05, 3.63) is 59.4 Å². The molecule has 0 aliphatic carbocycles. The average Bonchev–Trinajstić information content (AvgIpc) is 2.53. The van der Waals surface area contributed by atoms with Gasteiger partial charge in [-0.3, -0.25) is 5.43 Å². The van der Waals surface area contributed by atoms with Crippen LogP contribution >= 0.6 is 0 Å². The molecule has 0 spiro atoms. The van der Waals surface area contributed by atoms with E-state index in [1.54, 1.807) is 18.2 Å². The quantitative estimate of drug-likeness (QED) is 0.854. The number of fused-ring (bicyclic) bond motifs is 1. The summed E-state index contributed by atoms with van der Waals surface area (Å²) in [5.41, 5.74) is 5.04. The average molecular weight is 300 g/mol. The molecule has 1 aliphatic rings. The molecule has 0 bridgehead atoms. The van der Waals surface area contributed by atoms with E-state index in [2.05, 4.69) is 10.5 Å². The molecule has 0 amide bonds. The van der Waals surface area contributed by atoms with Crippen LogP contribution in [0.1, 0.15) is 22.3 Å². The predicted octanol–water partition coefficient (Wildman–Crippen LogP) is 3.12. The first-order valence-corrected chi connectivity index (χ1v) is 6.72. The number of hydrazone groups is 1. The molecule has 0 fully saturated rings. The summed E-state index contributed by atoms with van der Waals surface area (Å²) in [6, 6.07) is 10.5. The number of rotatable bonds is 3. The number of carbonyl (C=O) groups is 1. The Morgan fingerprint density at radius 2 is 2.00 bits per heavy atom. The zero-order valence-corrected chi connectivity index (χ0v) is 11.5. The maximum absolute atomic E-state index is 13.4. The van der Waals surface area contributed by atoms with Gasteiger partial charge in [-0.25, -0.2) is 9.18 Å². The summed E-state index contributed by atoms with van der Waals surface area (Å²) in [5.74, 6) is -0.719. The minimum absolute atomic E-state index is 0.205. The number of carboxylic acid groups (broad SMARTS) is 1. The molecule has 0 aromatic heterocycles. The number of halogens is 1. The van der Waals surface area contributed by atoms with Crippen LogP contribution in [-0.4, -0.2) is 23.4 Å². The third-order valence-corrected chi connectivity index (χ3v) is 3.30. The Morgan fingerprint density at radius 3 is 2.73 bits per heavy atom. The van der Waals surface area contributed by atoms with E-state index in [-0.39, 0.29) is 11.4 Å². The van der Waals surface area contributed by atoms with Crippen LogP contribution in [-0.2, 0) is 0 Å². The topological polar surface area (TPSA) is 70.9 Å². The van der Waals surface area contributed by atoms with Crippen molar-refractivity contribution in [3.63, 3.8) is 0 Å². The second-order valence-electron chi connectivity index (χ2n) is 4.79. The number of nitrogens with one attached hydrogen (secondary N) is 1. The number of nitrogens with zero attached hydrogens (tertiary/aromatic N) is 1. The molecule has 22 heavy (non-hydrogen) atoms. The van der Waals surface area contributed by atoms with Crippen LogP contribution in [0.4, 0.5) is 10.1 Å². The largest absolute Gasteiger partial charge is 0.492 e. The molecule has 1 aliphatic heterocycles. The van der Waals surface area contributed by atoms with Crippen LogP contribution in [0.5, 0.6) is 5.75 Å². The van der Waals surface area contributed by atoms with Crippen molar-refractivity contribution in [1.82, 2.24) is 0 Å². The van der Waals surface area contributed by atoms with Crippen molar-refractivity contribution in [2.24, 2.45) is 5.10 Å². The van der Waals surface area contributed by atoms with Crippen LogP contribution in [0.3, 0.4) is 0 Å². The molecule has 0 radical (unpaired) electrons. The first-order chi connectivity index (χ1) is 10.6. The second kappa shape index (κ2) is 5.85. The van der Waals surface area contributed by atoms with Gasteiger partial charge in [0.1, 0.15) is 11.6 Å². The molecule has 3 rings (SSSR count).